The van der Waals surface area contributed by atoms with Crippen LogP contribution in [0.5, 0.6) is 0 Å². The van der Waals surface area contributed by atoms with E-state index in [9.17, 15) is 4.79 Å². The van der Waals surface area contributed by atoms with Crippen LogP contribution in [0.2, 0.25) is 0 Å². The van der Waals surface area contributed by atoms with Gasteiger partial charge in [0.1, 0.15) is 0 Å². The fraction of sp³-hybridized carbons (Fsp3) is 0.267. The third-order valence-electron chi connectivity index (χ3n) is 7.00. The Morgan fingerprint density at radius 1 is 0.917 bits per heavy atom. The van der Waals surface area contributed by atoms with E-state index in [2.05, 4.69) is 76.9 Å². The van der Waals surface area contributed by atoms with Crippen LogP contribution in [0.25, 0.3) is 0 Å². The number of carbonyl (C=O) groups excluding carboxylic acids is 1. The van der Waals surface area contributed by atoms with Gasteiger partial charge in [0.2, 0.25) is 5.91 Å². The third kappa shape index (κ3) is 5.42. The topological polar surface area (TPSA) is 62.6 Å². The summed E-state index contributed by atoms with van der Waals surface area (Å²) in [5.74, 6) is 0.145. The van der Waals surface area contributed by atoms with Gasteiger partial charge < -0.3 is 14.7 Å². The molecule has 0 aliphatic carbocycles. The molecular formula is C30H31N5O. The van der Waals surface area contributed by atoms with Gasteiger partial charge in [0.05, 0.1) is 31.0 Å². The smallest absolute Gasteiger partial charge is 0.240 e. The number of nitrogens with one attached hydrogen (secondary N) is 1. The van der Waals surface area contributed by atoms with Crippen LogP contribution in [0.1, 0.15) is 33.4 Å². The zero-order chi connectivity index (χ0) is 24.9. The van der Waals surface area contributed by atoms with Crippen molar-refractivity contribution in [3.05, 3.63) is 119 Å². The van der Waals surface area contributed by atoms with Crippen LogP contribution in [0.4, 0.5) is 0 Å². The standard InChI is InChI=1S/C30H31N5O/c1-23-6-2-3-8-27(23)19-35-20-28-9-5-4-7-26(28)16-29(30(35)36)32-21-34-15-14-33(22-34)18-25-12-10-24(17-31)11-13-25/h2-15,29,32H,16,18-22H2,1H3/t29-/m0/s1. The molecule has 3 aromatic rings. The van der Waals surface area contributed by atoms with Crippen LogP contribution < -0.4 is 5.32 Å². The Balaban J connectivity index is 1.23. The molecule has 0 saturated carbocycles. The van der Waals surface area contributed by atoms with Gasteiger partial charge in [-0.2, -0.15) is 5.26 Å². The molecule has 0 bridgehead atoms. The van der Waals surface area contributed by atoms with Gasteiger partial charge in [-0.1, -0.05) is 60.7 Å². The van der Waals surface area contributed by atoms with E-state index < -0.39 is 0 Å². The third-order valence-corrected chi connectivity index (χ3v) is 7.00. The van der Waals surface area contributed by atoms with E-state index in [0.717, 1.165) is 18.8 Å². The lowest BCUT2D eigenvalue weighted by Crippen LogP contribution is -2.48. The quantitative estimate of drug-likeness (QED) is 0.555. The fourth-order valence-corrected chi connectivity index (χ4v) is 4.88. The first kappa shape index (κ1) is 23.7. The van der Waals surface area contributed by atoms with Crippen molar-refractivity contribution in [3.63, 3.8) is 0 Å². The number of fused-ring (bicyclic) bond motifs is 1. The Labute approximate surface area is 213 Å². The number of hydrogen-bond donors (Lipinski definition) is 1. The molecule has 2 heterocycles. The molecule has 0 aromatic heterocycles. The Morgan fingerprint density at radius 3 is 2.42 bits per heavy atom. The molecule has 2 aliphatic heterocycles. The van der Waals surface area contributed by atoms with Crippen LogP contribution >= 0.6 is 0 Å². The Bertz CT molecular complexity index is 1290. The first-order valence-electron chi connectivity index (χ1n) is 12.4. The lowest BCUT2D eigenvalue weighted by molar-refractivity contribution is -0.134. The second-order valence-electron chi connectivity index (χ2n) is 9.59. The van der Waals surface area contributed by atoms with Crippen molar-refractivity contribution in [3.8, 4) is 6.07 Å². The number of rotatable bonds is 7. The lowest BCUT2D eigenvalue weighted by Gasteiger charge is -2.28. The van der Waals surface area contributed by atoms with Gasteiger partial charge in [-0.3, -0.25) is 10.1 Å². The normalized spacial score (nSPS) is 17.2. The molecule has 6 heteroatoms. The van der Waals surface area contributed by atoms with Crippen LogP contribution in [-0.4, -0.2) is 40.0 Å². The molecule has 182 valence electrons. The molecule has 0 unspecified atom stereocenters. The maximum Gasteiger partial charge on any atom is 0.240 e. The predicted molar refractivity (Wildman–Crippen MR) is 140 cm³/mol. The summed E-state index contributed by atoms with van der Waals surface area (Å²) in [6.07, 6.45) is 4.83. The van der Waals surface area contributed by atoms with Gasteiger partial charge in [-0.05, 0) is 53.3 Å². The van der Waals surface area contributed by atoms with Gasteiger partial charge >= 0.3 is 0 Å². The molecule has 3 aromatic carbocycles. The minimum Gasteiger partial charge on any atom is -0.354 e. The number of nitrogens with zero attached hydrogens (tertiary/aromatic N) is 4. The maximum atomic E-state index is 13.7. The van der Waals surface area contributed by atoms with E-state index >= 15 is 0 Å². The molecule has 5 rings (SSSR count). The van der Waals surface area contributed by atoms with E-state index in [1.54, 1.807) is 0 Å². The summed E-state index contributed by atoms with van der Waals surface area (Å²) in [7, 11) is 0. The molecular weight excluding hydrogens is 446 g/mol. The van der Waals surface area contributed by atoms with E-state index in [0.29, 0.717) is 31.7 Å². The highest BCUT2D eigenvalue weighted by atomic mass is 16.2. The monoisotopic (exact) mass is 477 g/mol. The lowest BCUT2D eigenvalue weighted by atomic mass is 10.0. The van der Waals surface area contributed by atoms with E-state index in [1.807, 2.05) is 41.3 Å². The van der Waals surface area contributed by atoms with Crippen molar-refractivity contribution in [2.24, 2.45) is 0 Å². The molecule has 0 saturated heterocycles. The number of benzene rings is 3. The van der Waals surface area contributed by atoms with Crippen LogP contribution in [0.15, 0.2) is 85.2 Å². The maximum absolute atomic E-state index is 13.7. The van der Waals surface area contributed by atoms with Crippen molar-refractivity contribution in [1.29, 1.82) is 5.26 Å². The van der Waals surface area contributed by atoms with Crippen molar-refractivity contribution in [2.75, 3.05) is 13.3 Å². The predicted octanol–water partition coefficient (Wildman–Crippen LogP) is 4.11. The zero-order valence-electron chi connectivity index (χ0n) is 20.6. The van der Waals surface area contributed by atoms with Gasteiger partial charge in [0, 0.05) is 32.0 Å². The second-order valence-corrected chi connectivity index (χ2v) is 9.59. The van der Waals surface area contributed by atoms with Crippen LogP contribution in [-0.2, 0) is 30.8 Å². The SMILES string of the molecule is Cc1ccccc1CN1Cc2ccccc2C[C@H](NCN2C=CN(Cc3ccc(C#N)cc3)C2)C1=O. The summed E-state index contributed by atoms with van der Waals surface area (Å²) in [5, 5.41) is 12.5. The fourth-order valence-electron chi connectivity index (χ4n) is 4.88. The van der Waals surface area contributed by atoms with Crippen molar-refractivity contribution >= 4 is 5.91 Å². The number of aryl methyl sites for hydroxylation is 1. The average Bonchev–Trinajstić information content (AvgIpc) is 3.30. The van der Waals surface area contributed by atoms with E-state index in [1.165, 1.54) is 22.3 Å². The summed E-state index contributed by atoms with van der Waals surface area (Å²) in [6, 6.07) is 26.3. The van der Waals surface area contributed by atoms with Gasteiger partial charge in [0.15, 0.2) is 0 Å². The molecule has 0 spiro atoms. The molecule has 1 amide bonds. The molecule has 2 aliphatic rings. The molecule has 1 N–H and O–H groups in total. The van der Waals surface area contributed by atoms with Crippen LogP contribution in [0, 0.1) is 18.3 Å². The van der Waals surface area contributed by atoms with Crippen LogP contribution in [0.3, 0.4) is 0 Å². The highest BCUT2D eigenvalue weighted by molar-refractivity contribution is 5.83. The first-order valence-corrected chi connectivity index (χ1v) is 12.4. The number of hydrogen-bond acceptors (Lipinski definition) is 5. The van der Waals surface area contributed by atoms with E-state index in [-0.39, 0.29) is 11.9 Å². The molecule has 0 radical (unpaired) electrons. The minimum absolute atomic E-state index is 0.145. The van der Waals surface area contributed by atoms with E-state index in [4.69, 9.17) is 5.26 Å². The summed E-state index contributed by atoms with van der Waals surface area (Å²) in [5.41, 5.74) is 6.68. The number of amides is 1. The highest BCUT2D eigenvalue weighted by Crippen LogP contribution is 2.23. The van der Waals surface area contributed by atoms with Gasteiger partial charge in [0.25, 0.3) is 0 Å². The number of carbonyl (C=O) groups is 1. The second kappa shape index (κ2) is 10.7. The minimum atomic E-state index is -0.279. The summed E-state index contributed by atoms with van der Waals surface area (Å²) in [6.45, 7) is 5.46. The molecule has 36 heavy (non-hydrogen) atoms. The molecule has 6 nitrogen and oxygen atoms in total. The highest BCUT2D eigenvalue weighted by Gasteiger charge is 2.30. The summed E-state index contributed by atoms with van der Waals surface area (Å²) in [4.78, 5) is 20.1. The van der Waals surface area contributed by atoms with Crippen molar-refractivity contribution in [1.82, 2.24) is 20.0 Å². The summed E-state index contributed by atoms with van der Waals surface area (Å²) < 4.78 is 0. The average molecular weight is 478 g/mol. The zero-order valence-corrected chi connectivity index (χ0v) is 20.6. The Morgan fingerprint density at radius 2 is 1.64 bits per heavy atom. The summed E-state index contributed by atoms with van der Waals surface area (Å²) >= 11 is 0. The van der Waals surface area contributed by atoms with Crippen molar-refractivity contribution < 1.29 is 4.79 Å². The van der Waals surface area contributed by atoms with Crippen molar-refractivity contribution in [2.45, 2.75) is 39.0 Å². The largest absolute Gasteiger partial charge is 0.354 e. The van der Waals surface area contributed by atoms with Gasteiger partial charge in [-0.25, -0.2) is 0 Å². The number of nitriles is 1. The molecule has 0 fully saturated rings. The van der Waals surface area contributed by atoms with Gasteiger partial charge in [-0.15, -0.1) is 0 Å². The Kier molecular flexibility index (Phi) is 7.01. The Hall–Kier alpha value is -4.08. The molecule has 1 atom stereocenters. The first-order chi connectivity index (χ1) is 17.6.